The Labute approximate surface area is 129 Å². The number of halogens is 1. The molecule has 2 heterocycles. The van der Waals surface area contributed by atoms with Gasteiger partial charge >= 0.3 is 0 Å². The molecule has 1 amide bonds. The van der Waals surface area contributed by atoms with Crippen LogP contribution in [0, 0.1) is 24.0 Å². The minimum absolute atomic E-state index is 0.00383. The Kier molecular flexibility index (Phi) is 4.54. The minimum Gasteiger partial charge on any atom is -0.347 e. The maximum Gasteiger partial charge on any atom is 0.288 e. The number of nitro groups is 1. The Morgan fingerprint density at radius 1 is 1.48 bits per heavy atom. The van der Waals surface area contributed by atoms with Gasteiger partial charge in [-0.05, 0) is 25.5 Å². The third-order valence-electron chi connectivity index (χ3n) is 2.92. The molecule has 0 saturated carbocycles. The van der Waals surface area contributed by atoms with E-state index in [-0.39, 0.29) is 16.4 Å². The van der Waals surface area contributed by atoms with E-state index in [4.69, 9.17) is 11.6 Å². The van der Waals surface area contributed by atoms with E-state index in [0.717, 1.165) is 17.1 Å². The molecule has 0 aromatic carbocycles. The number of aromatic nitrogens is 1. The van der Waals surface area contributed by atoms with E-state index in [9.17, 15) is 14.9 Å². The van der Waals surface area contributed by atoms with E-state index in [2.05, 4.69) is 10.3 Å². The highest BCUT2D eigenvalue weighted by Gasteiger charge is 2.17. The lowest BCUT2D eigenvalue weighted by Crippen LogP contribution is -2.23. The fourth-order valence-electron chi connectivity index (χ4n) is 1.70. The second-order valence-corrected chi connectivity index (χ2v) is 6.12. The summed E-state index contributed by atoms with van der Waals surface area (Å²) in [6, 6.07) is 3.11. The maximum atomic E-state index is 12.1. The highest BCUT2D eigenvalue weighted by atomic mass is 35.5. The van der Waals surface area contributed by atoms with Crippen molar-refractivity contribution in [2.24, 2.45) is 0 Å². The molecule has 0 aliphatic carbocycles. The van der Waals surface area contributed by atoms with Gasteiger partial charge in [-0.15, -0.1) is 11.3 Å². The topological polar surface area (TPSA) is 85.1 Å². The summed E-state index contributed by atoms with van der Waals surface area (Å²) < 4.78 is 0. The number of amides is 1. The van der Waals surface area contributed by atoms with Crippen molar-refractivity contribution in [3.8, 4) is 0 Å². The number of rotatable bonds is 4. The van der Waals surface area contributed by atoms with Gasteiger partial charge in [0.15, 0.2) is 0 Å². The van der Waals surface area contributed by atoms with Crippen molar-refractivity contribution in [3.05, 3.63) is 54.5 Å². The number of carbonyl (C=O) groups is 1. The van der Waals surface area contributed by atoms with Crippen LogP contribution in [0.15, 0.2) is 18.3 Å². The monoisotopic (exact) mass is 325 g/mol. The van der Waals surface area contributed by atoms with E-state index in [1.54, 1.807) is 11.3 Å². The summed E-state index contributed by atoms with van der Waals surface area (Å²) in [7, 11) is 0. The Balaban J connectivity index is 2.13. The normalized spacial score (nSPS) is 10.4. The summed E-state index contributed by atoms with van der Waals surface area (Å²) in [5, 5.41) is 13.3. The second-order valence-electron chi connectivity index (χ2n) is 4.42. The lowest BCUT2D eigenvalue weighted by atomic mass is 10.2. The molecule has 0 spiro atoms. The van der Waals surface area contributed by atoms with Crippen molar-refractivity contribution in [2.75, 3.05) is 0 Å². The minimum atomic E-state index is -0.619. The molecule has 2 aromatic rings. The van der Waals surface area contributed by atoms with Gasteiger partial charge in [0.25, 0.3) is 11.6 Å². The van der Waals surface area contributed by atoms with Crippen LogP contribution in [0.3, 0.4) is 0 Å². The van der Waals surface area contributed by atoms with Gasteiger partial charge < -0.3 is 5.32 Å². The molecule has 0 bridgehead atoms. The summed E-state index contributed by atoms with van der Waals surface area (Å²) in [5.41, 5.74) is 0.891. The van der Waals surface area contributed by atoms with Crippen LogP contribution >= 0.6 is 22.9 Å². The number of hydrogen-bond acceptors (Lipinski definition) is 5. The van der Waals surface area contributed by atoms with Gasteiger partial charge in [-0.1, -0.05) is 11.6 Å². The molecule has 2 aromatic heterocycles. The molecule has 0 atom stereocenters. The highest BCUT2D eigenvalue weighted by Crippen LogP contribution is 2.21. The number of pyridine rings is 1. The number of aryl methyl sites for hydroxylation is 2. The van der Waals surface area contributed by atoms with Crippen LogP contribution in [0.1, 0.15) is 25.7 Å². The molecule has 0 saturated heterocycles. The molecular formula is C13H12ClN3O3S. The van der Waals surface area contributed by atoms with Crippen molar-refractivity contribution in [3.63, 3.8) is 0 Å². The van der Waals surface area contributed by atoms with Crippen molar-refractivity contribution in [1.82, 2.24) is 10.3 Å². The zero-order valence-electron chi connectivity index (χ0n) is 11.3. The van der Waals surface area contributed by atoms with Gasteiger partial charge in [0, 0.05) is 15.8 Å². The predicted octanol–water partition coefficient (Wildman–Crippen LogP) is 3.25. The first-order valence-electron chi connectivity index (χ1n) is 6.02. The lowest BCUT2D eigenvalue weighted by Gasteiger charge is -2.05. The first-order chi connectivity index (χ1) is 9.88. The van der Waals surface area contributed by atoms with Gasteiger partial charge in [-0.2, -0.15) is 0 Å². The summed E-state index contributed by atoms with van der Waals surface area (Å²) in [4.78, 5) is 28.0. The standard InChI is InChI=1S/C13H12ClN3O3S/c1-7-3-10(21-8(7)2)6-16-13(18)11-4-9(17(19)20)5-15-12(11)14/h3-5H,6H2,1-2H3,(H,16,18). The number of carbonyl (C=O) groups excluding carboxylic acids is 1. The lowest BCUT2D eigenvalue weighted by molar-refractivity contribution is -0.385. The molecule has 0 unspecified atom stereocenters. The average Bonchev–Trinajstić information content (AvgIpc) is 2.75. The molecular weight excluding hydrogens is 314 g/mol. The summed E-state index contributed by atoms with van der Waals surface area (Å²) >= 11 is 7.41. The molecule has 21 heavy (non-hydrogen) atoms. The Morgan fingerprint density at radius 2 is 2.19 bits per heavy atom. The number of hydrogen-bond donors (Lipinski definition) is 1. The zero-order chi connectivity index (χ0) is 15.6. The molecule has 0 fully saturated rings. The molecule has 2 rings (SSSR count). The second kappa shape index (κ2) is 6.19. The number of thiophene rings is 1. The highest BCUT2D eigenvalue weighted by molar-refractivity contribution is 7.12. The largest absolute Gasteiger partial charge is 0.347 e. The van der Waals surface area contributed by atoms with Gasteiger partial charge in [0.1, 0.15) is 11.3 Å². The Morgan fingerprint density at radius 3 is 2.76 bits per heavy atom. The molecule has 0 aliphatic heterocycles. The quantitative estimate of drug-likeness (QED) is 0.531. The average molecular weight is 326 g/mol. The Hall–Kier alpha value is -1.99. The van der Waals surface area contributed by atoms with E-state index in [1.165, 1.54) is 10.4 Å². The summed E-state index contributed by atoms with van der Waals surface area (Å²) in [6.07, 6.45) is 1.02. The zero-order valence-corrected chi connectivity index (χ0v) is 12.9. The van der Waals surface area contributed by atoms with E-state index < -0.39 is 10.8 Å². The molecule has 110 valence electrons. The van der Waals surface area contributed by atoms with Crippen LogP contribution in [0.5, 0.6) is 0 Å². The van der Waals surface area contributed by atoms with Crippen LogP contribution in [0.25, 0.3) is 0 Å². The maximum absolute atomic E-state index is 12.1. The van der Waals surface area contributed by atoms with Crippen molar-refractivity contribution in [1.29, 1.82) is 0 Å². The first-order valence-corrected chi connectivity index (χ1v) is 7.22. The molecule has 0 radical (unpaired) electrons. The van der Waals surface area contributed by atoms with Crippen LogP contribution in [-0.4, -0.2) is 15.8 Å². The third kappa shape index (κ3) is 3.56. The third-order valence-corrected chi connectivity index (χ3v) is 4.37. The number of nitrogens with one attached hydrogen (secondary N) is 1. The van der Waals surface area contributed by atoms with E-state index in [0.29, 0.717) is 6.54 Å². The van der Waals surface area contributed by atoms with Crippen LogP contribution < -0.4 is 5.32 Å². The molecule has 1 N–H and O–H groups in total. The van der Waals surface area contributed by atoms with Crippen LogP contribution in [-0.2, 0) is 6.54 Å². The van der Waals surface area contributed by atoms with E-state index in [1.807, 2.05) is 19.9 Å². The fourth-order valence-corrected chi connectivity index (χ4v) is 2.88. The van der Waals surface area contributed by atoms with Gasteiger partial charge in [-0.25, -0.2) is 4.98 Å². The Bertz CT molecular complexity index is 695. The fraction of sp³-hybridized carbons (Fsp3) is 0.231. The van der Waals surface area contributed by atoms with Gasteiger partial charge in [0.2, 0.25) is 0 Å². The van der Waals surface area contributed by atoms with Gasteiger partial charge in [0.05, 0.1) is 17.0 Å². The van der Waals surface area contributed by atoms with Crippen molar-refractivity contribution < 1.29 is 9.72 Å². The van der Waals surface area contributed by atoms with Crippen molar-refractivity contribution in [2.45, 2.75) is 20.4 Å². The van der Waals surface area contributed by atoms with Gasteiger partial charge in [-0.3, -0.25) is 14.9 Å². The summed E-state index contributed by atoms with van der Waals surface area (Å²) in [5.74, 6) is -0.486. The van der Waals surface area contributed by atoms with Crippen LogP contribution in [0.4, 0.5) is 5.69 Å². The first kappa shape index (κ1) is 15.4. The smallest absolute Gasteiger partial charge is 0.288 e. The summed E-state index contributed by atoms with van der Waals surface area (Å²) in [6.45, 7) is 4.35. The van der Waals surface area contributed by atoms with Crippen LogP contribution in [0.2, 0.25) is 5.15 Å². The molecule has 8 heteroatoms. The van der Waals surface area contributed by atoms with E-state index >= 15 is 0 Å². The molecule has 0 aliphatic rings. The SMILES string of the molecule is Cc1cc(CNC(=O)c2cc([N+](=O)[O-])cnc2Cl)sc1C. The van der Waals surface area contributed by atoms with Crippen molar-refractivity contribution >= 4 is 34.5 Å². The molecule has 6 nitrogen and oxygen atoms in total. The number of nitrogens with zero attached hydrogens (tertiary/aromatic N) is 2. The predicted molar refractivity (Wildman–Crippen MR) is 80.9 cm³/mol.